The molecule has 5 aromatic heterocycles. The lowest BCUT2D eigenvalue weighted by molar-refractivity contribution is 0.669. The topological polar surface area (TPSA) is 80.8 Å². The van der Waals surface area contributed by atoms with Gasteiger partial charge in [0, 0.05) is 56.3 Å². The molecule has 0 aliphatic carbocycles. The number of hydrogen-bond acceptors (Lipinski definition) is 5. The second-order valence-electron chi connectivity index (χ2n) is 13.3. The third-order valence-electron chi connectivity index (χ3n) is 10.3. The van der Waals surface area contributed by atoms with Crippen LogP contribution < -0.4 is 0 Å². The van der Waals surface area contributed by atoms with Crippen molar-refractivity contribution in [1.29, 1.82) is 5.26 Å². The van der Waals surface area contributed by atoms with Crippen LogP contribution in [0.3, 0.4) is 0 Å². The molecule has 0 aliphatic heterocycles. The lowest BCUT2D eigenvalue weighted by Crippen LogP contribution is -1.98. The molecule has 0 saturated carbocycles. The molecular weight excluding hydrogens is 653 g/mol. The molecule has 0 aliphatic rings. The number of aromatic nitrogens is 3. The number of para-hydroxylation sites is 3. The van der Waals surface area contributed by atoms with Gasteiger partial charge in [0.2, 0.25) is 0 Å². The summed E-state index contributed by atoms with van der Waals surface area (Å²) in [5.41, 5.74) is 14.3. The molecule has 0 radical (unpaired) electrons. The van der Waals surface area contributed by atoms with Crippen molar-refractivity contribution in [2.24, 2.45) is 0 Å². The first-order chi connectivity index (χ1) is 26.2. The number of fused-ring (bicyclic) bond motifs is 9. The molecule has 53 heavy (non-hydrogen) atoms. The van der Waals surface area contributed by atoms with Gasteiger partial charge in [-0.15, -0.1) is 0 Å². The van der Waals surface area contributed by atoms with E-state index in [1.807, 2.05) is 91.3 Å². The van der Waals surface area contributed by atoms with Crippen LogP contribution in [-0.2, 0) is 0 Å². The zero-order valence-corrected chi connectivity index (χ0v) is 28.1. The van der Waals surface area contributed by atoms with Crippen LogP contribution in [0.5, 0.6) is 0 Å². The summed E-state index contributed by atoms with van der Waals surface area (Å²) in [5.74, 6) is 0. The van der Waals surface area contributed by atoms with E-state index in [2.05, 4.69) is 77.4 Å². The second-order valence-corrected chi connectivity index (χ2v) is 13.3. The van der Waals surface area contributed by atoms with Gasteiger partial charge >= 0.3 is 0 Å². The summed E-state index contributed by atoms with van der Waals surface area (Å²) in [7, 11) is 0. The summed E-state index contributed by atoms with van der Waals surface area (Å²) < 4.78 is 15.4. The Bertz CT molecular complexity index is 3180. The number of rotatable bonds is 4. The van der Waals surface area contributed by atoms with Crippen LogP contribution in [0.4, 0.5) is 0 Å². The molecule has 6 nitrogen and oxygen atoms in total. The molecule has 11 rings (SSSR count). The predicted molar refractivity (Wildman–Crippen MR) is 212 cm³/mol. The van der Waals surface area contributed by atoms with E-state index < -0.39 is 0 Å². The Kier molecular flexibility index (Phi) is 6.22. The summed E-state index contributed by atoms with van der Waals surface area (Å²) >= 11 is 0. The van der Waals surface area contributed by atoms with Gasteiger partial charge in [0.25, 0.3) is 0 Å². The molecule has 6 aromatic carbocycles. The Labute approximate surface area is 302 Å². The predicted octanol–water partition coefficient (Wildman–Crippen LogP) is 12.2. The van der Waals surface area contributed by atoms with Crippen LogP contribution in [0.1, 0.15) is 5.56 Å². The molecule has 6 heteroatoms. The van der Waals surface area contributed by atoms with E-state index in [0.717, 1.165) is 105 Å². The quantitative estimate of drug-likeness (QED) is 0.185. The molecule has 0 saturated heterocycles. The highest BCUT2D eigenvalue weighted by atomic mass is 16.3. The molecule has 5 heterocycles. The van der Waals surface area contributed by atoms with Gasteiger partial charge in [-0.2, -0.15) is 5.26 Å². The number of furan rings is 2. The molecular formula is C47H26N4O2. The Morgan fingerprint density at radius 1 is 0.491 bits per heavy atom. The van der Waals surface area contributed by atoms with Gasteiger partial charge in [0.1, 0.15) is 22.2 Å². The van der Waals surface area contributed by atoms with Gasteiger partial charge in [-0.3, -0.25) is 9.97 Å². The van der Waals surface area contributed by atoms with Crippen molar-refractivity contribution < 1.29 is 8.83 Å². The van der Waals surface area contributed by atoms with Gasteiger partial charge in [-0.05, 0) is 89.5 Å². The number of pyridine rings is 2. The molecule has 246 valence electrons. The largest absolute Gasteiger partial charge is 0.454 e. The smallest absolute Gasteiger partial charge is 0.161 e. The Hall–Kier alpha value is -7.49. The van der Waals surface area contributed by atoms with Crippen molar-refractivity contribution in [2.75, 3.05) is 0 Å². The standard InChI is InChI=1S/C47H26N4O2/c48-27-28-17-18-40-39(23-28)36-14-8-13-33(29-9-2-1-3-10-29)45(36)51(40)32-25-30(34-19-21-49-43-37-11-4-6-15-41(37)52-46(34)43)24-31(26-32)35-20-22-50-44-38-12-5-7-16-42(38)53-47(35)44/h1-26H. The van der Waals surface area contributed by atoms with Gasteiger partial charge in [-0.1, -0.05) is 72.8 Å². The van der Waals surface area contributed by atoms with E-state index in [1.54, 1.807) is 0 Å². The minimum absolute atomic E-state index is 0.615. The fourth-order valence-electron chi connectivity index (χ4n) is 7.97. The molecule has 0 amide bonds. The van der Waals surface area contributed by atoms with Gasteiger partial charge < -0.3 is 13.4 Å². The maximum absolute atomic E-state index is 9.94. The van der Waals surface area contributed by atoms with Crippen LogP contribution in [-0.4, -0.2) is 14.5 Å². The first-order valence-electron chi connectivity index (χ1n) is 17.4. The maximum atomic E-state index is 9.94. The molecule has 0 atom stereocenters. The van der Waals surface area contributed by atoms with Gasteiger partial charge in [0.05, 0.1) is 22.7 Å². The van der Waals surface area contributed by atoms with Crippen molar-refractivity contribution in [3.8, 4) is 45.1 Å². The fourth-order valence-corrected chi connectivity index (χ4v) is 7.97. The van der Waals surface area contributed by atoms with E-state index in [-0.39, 0.29) is 0 Å². The van der Waals surface area contributed by atoms with Crippen LogP contribution in [0.2, 0.25) is 0 Å². The normalized spacial score (nSPS) is 11.8. The summed E-state index contributed by atoms with van der Waals surface area (Å²) in [6.07, 6.45) is 3.71. The SMILES string of the molecule is N#Cc1ccc2c(c1)c1cccc(-c3ccccc3)c1n2-c1cc(-c2ccnc3c2oc2ccccc23)cc(-c2ccnc3c2oc2ccccc23)c1. The molecule has 0 N–H and O–H groups in total. The lowest BCUT2D eigenvalue weighted by Gasteiger charge is -2.16. The lowest BCUT2D eigenvalue weighted by atomic mass is 9.97. The first kappa shape index (κ1) is 29.3. The fraction of sp³-hybridized carbons (Fsp3) is 0. The van der Waals surface area contributed by atoms with Crippen molar-refractivity contribution in [3.05, 3.63) is 164 Å². The van der Waals surface area contributed by atoms with Crippen molar-refractivity contribution in [3.63, 3.8) is 0 Å². The van der Waals surface area contributed by atoms with Crippen molar-refractivity contribution in [1.82, 2.24) is 14.5 Å². The second kappa shape index (κ2) is 11.3. The number of nitrogens with zero attached hydrogens (tertiary/aromatic N) is 4. The summed E-state index contributed by atoms with van der Waals surface area (Å²) in [4.78, 5) is 9.54. The number of hydrogen-bond donors (Lipinski definition) is 0. The number of nitriles is 1. The monoisotopic (exact) mass is 678 g/mol. The highest BCUT2D eigenvalue weighted by Crippen LogP contribution is 2.43. The third-order valence-corrected chi connectivity index (χ3v) is 10.3. The summed E-state index contributed by atoms with van der Waals surface area (Å²) in [6.45, 7) is 0. The third kappa shape index (κ3) is 4.38. The van der Waals surface area contributed by atoms with Gasteiger partial charge in [0.15, 0.2) is 11.2 Å². The highest BCUT2D eigenvalue weighted by Gasteiger charge is 2.21. The van der Waals surface area contributed by atoms with E-state index in [4.69, 9.17) is 18.8 Å². The minimum Gasteiger partial charge on any atom is -0.454 e. The molecule has 0 unspecified atom stereocenters. The molecule has 0 spiro atoms. The summed E-state index contributed by atoms with van der Waals surface area (Å²) in [6, 6.07) is 51.9. The highest BCUT2D eigenvalue weighted by molar-refractivity contribution is 6.15. The average Bonchev–Trinajstić information content (AvgIpc) is 3.90. The Balaban J connectivity index is 1.28. The van der Waals surface area contributed by atoms with Crippen molar-refractivity contribution in [2.45, 2.75) is 0 Å². The Morgan fingerprint density at radius 3 is 1.74 bits per heavy atom. The zero-order chi connectivity index (χ0) is 35.0. The van der Waals surface area contributed by atoms with Gasteiger partial charge in [-0.25, -0.2) is 0 Å². The maximum Gasteiger partial charge on any atom is 0.161 e. The number of benzene rings is 6. The summed E-state index contributed by atoms with van der Waals surface area (Å²) in [5, 5.41) is 14.0. The molecule has 11 aromatic rings. The van der Waals surface area contributed by atoms with E-state index in [0.29, 0.717) is 5.56 Å². The van der Waals surface area contributed by atoms with E-state index in [9.17, 15) is 5.26 Å². The molecule has 0 bridgehead atoms. The van der Waals surface area contributed by atoms with E-state index in [1.165, 1.54) is 0 Å². The Morgan fingerprint density at radius 2 is 1.09 bits per heavy atom. The minimum atomic E-state index is 0.615. The van der Waals surface area contributed by atoms with Crippen LogP contribution >= 0.6 is 0 Å². The zero-order valence-electron chi connectivity index (χ0n) is 28.1. The van der Waals surface area contributed by atoms with Crippen LogP contribution in [0.25, 0.3) is 105 Å². The molecule has 0 fully saturated rings. The van der Waals surface area contributed by atoms with Crippen LogP contribution in [0.15, 0.2) is 167 Å². The van der Waals surface area contributed by atoms with Crippen LogP contribution in [0, 0.1) is 11.3 Å². The first-order valence-corrected chi connectivity index (χ1v) is 17.4. The average molecular weight is 679 g/mol. The van der Waals surface area contributed by atoms with E-state index >= 15 is 0 Å². The van der Waals surface area contributed by atoms with Crippen molar-refractivity contribution >= 4 is 65.9 Å².